The van der Waals surface area contributed by atoms with E-state index in [2.05, 4.69) is 15.8 Å². The van der Waals surface area contributed by atoms with Crippen molar-refractivity contribution in [1.29, 1.82) is 0 Å². The SMILES string of the molecule is CC(=O)Nc1cccc(/C(C)=N\NC(=O)C[C@H]2CCS(=O)(=O)C2)c1. The molecule has 130 valence electrons. The summed E-state index contributed by atoms with van der Waals surface area (Å²) in [6.07, 6.45) is 0.680. The largest absolute Gasteiger partial charge is 0.326 e. The molecule has 0 aliphatic carbocycles. The van der Waals surface area contributed by atoms with Crippen molar-refractivity contribution in [3.05, 3.63) is 29.8 Å². The van der Waals surface area contributed by atoms with Crippen LogP contribution in [0.2, 0.25) is 0 Å². The number of hydrogen-bond donors (Lipinski definition) is 2. The quantitative estimate of drug-likeness (QED) is 0.616. The molecule has 8 heteroatoms. The van der Waals surface area contributed by atoms with Crippen LogP contribution in [0.5, 0.6) is 0 Å². The minimum Gasteiger partial charge on any atom is -0.326 e. The van der Waals surface area contributed by atoms with E-state index in [1.54, 1.807) is 25.1 Å². The van der Waals surface area contributed by atoms with Crippen molar-refractivity contribution >= 4 is 33.1 Å². The standard InChI is InChI=1S/C16H21N3O4S/c1-11(14-4-3-5-15(9-14)17-12(2)20)18-19-16(21)8-13-6-7-24(22,23)10-13/h3-5,9,13H,6-8,10H2,1-2H3,(H,17,20)(H,19,21)/b18-11-/t13-/m1/s1. The molecule has 1 aliphatic rings. The van der Waals surface area contributed by atoms with Crippen LogP contribution in [0.4, 0.5) is 5.69 Å². The van der Waals surface area contributed by atoms with Gasteiger partial charge >= 0.3 is 0 Å². The van der Waals surface area contributed by atoms with Crippen molar-refractivity contribution in [3.8, 4) is 0 Å². The Morgan fingerprint density at radius 3 is 2.67 bits per heavy atom. The van der Waals surface area contributed by atoms with E-state index in [0.29, 0.717) is 17.8 Å². The van der Waals surface area contributed by atoms with Crippen molar-refractivity contribution in [1.82, 2.24) is 5.43 Å². The fraction of sp³-hybridized carbons (Fsp3) is 0.438. The summed E-state index contributed by atoms with van der Waals surface area (Å²) >= 11 is 0. The molecule has 7 nitrogen and oxygen atoms in total. The molecule has 2 N–H and O–H groups in total. The number of anilines is 1. The number of nitrogens with one attached hydrogen (secondary N) is 2. The molecule has 2 rings (SSSR count). The van der Waals surface area contributed by atoms with Crippen LogP contribution in [0.3, 0.4) is 0 Å². The highest BCUT2D eigenvalue weighted by Crippen LogP contribution is 2.21. The number of carbonyl (C=O) groups is 2. The summed E-state index contributed by atoms with van der Waals surface area (Å²) in [5, 5.41) is 6.73. The Bertz CT molecular complexity index is 771. The van der Waals surface area contributed by atoms with E-state index in [4.69, 9.17) is 0 Å². The van der Waals surface area contributed by atoms with Crippen LogP contribution in [0.1, 0.15) is 32.3 Å². The highest BCUT2D eigenvalue weighted by Gasteiger charge is 2.29. The monoisotopic (exact) mass is 351 g/mol. The van der Waals surface area contributed by atoms with Gasteiger partial charge in [0.1, 0.15) is 0 Å². The maximum absolute atomic E-state index is 11.9. The van der Waals surface area contributed by atoms with Gasteiger partial charge in [0, 0.05) is 19.0 Å². The number of benzene rings is 1. The molecule has 1 heterocycles. The van der Waals surface area contributed by atoms with Crippen LogP contribution in [0.25, 0.3) is 0 Å². The van der Waals surface area contributed by atoms with Crippen molar-refractivity contribution in [2.75, 3.05) is 16.8 Å². The maximum atomic E-state index is 11.9. The molecule has 0 unspecified atom stereocenters. The summed E-state index contributed by atoms with van der Waals surface area (Å²) in [5.41, 5.74) is 4.47. The third kappa shape index (κ3) is 5.45. The topological polar surface area (TPSA) is 105 Å². The highest BCUT2D eigenvalue weighted by molar-refractivity contribution is 7.91. The van der Waals surface area contributed by atoms with E-state index < -0.39 is 9.84 Å². The lowest BCUT2D eigenvalue weighted by atomic mass is 10.1. The number of amides is 2. The number of nitrogens with zero attached hydrogens (tertiary/aromatic N) is 1. The second kappa shape index (κ2) is 7.57. The number of hydrogen-bond acceptors (Lipinski definition) is 5. The van der Waals surface area contributed by atoms with Crippen LogP contribution < -0.4 is 10.7 Å². The number of carbonyl (C=O) groups excluding carboxylic acids is 2. The summed E-state index contributed by atoms with van der Waals surface area (Å²) in [5.74, 6) is -0.366. The molecule has 0 spiro atoms. The van der Waals surface area contributed by atoms with Crippen LogP contribution >= 0.6 is 0 Å². The molecule has 1 aromatic carbocycles. The van der Waals surface area contributed by atoms with E-state index in [1.807, 2.05) is 6.07 Å². The first-order valence-electron chi connectivity index (χ1n) is 7.67. The van der Waals surface area contributed by atoms with Crippen LogP contribution in [-0.2, 0) is 19.4 Å². The molecule has 2 amide bonds. The fourth-order valence-corrected chi connectivity index (χ4v) is 4.44. The van der Waals surface area contributed by atoms with E-state index >= 15 is 0 Å². The zero-order valence-electron chi connectivity index (χ0n) is 13.7. The first-order valence-corrected chi connectivity index (χ1v) is 9.49. The van der Waals surface area contributed by atoms with Gasteiger partial charge in [-0.1, -0.05) is 12.1 Å². The number of sulfone groups is 1. The van der Waals surface area contributed by atoms with Gasteiger partial charge in [0.25, 0.3) is 0 Å². The summed E-state index contributed by atoms with van der Waals surface area (Å²) in [4.78, 5) is 23.0. The first kappa shape index (κ1) is 18.1. The Kier molecular flexibility index (Phi) is 5.71. The number of hydrazone groups is 1. The zero-order valence-corrected chi connectivity index (χ0v) is 14.5. The van der Waals surface area contributed by atoms with E-state index in [9.17, 15) is 18.0 Å². The normalized spacial score (nSPS) is 19.8. The Hall–Kier alpha value is -2.22. The molecule has 0 aromatic heterocycles. The smallest absolute Gasteiger partial charge is 0.240 e. The minimum absolute atomic E-state index is 0.0713. The van der Waals surface area contributed by atoms with E-state index in [1.165, 1.54) is 6.92 Å². The maximum Gasteiger partial charge on any atom is 0.240 e. The Balaban J connectivity index is 1.93. The van der Waals surface area contributed by atoms with Gasteiger partial charge in [-0.15, -0.1) is 0 Å². The van der Waals surface area contributed by atoms with Gasteiger partial charge in [-0.25, -0.2) is 13.8 Å². The van der Waals surface area contributed by atoms with Gasteiger partial charge in [-0.2, -0.15) is 5.10 Å². The summed E-state index contributed by atoms with van der Waals surface area (Å²) < 4.78 is 22.8. The van der Waals surface area contributed by atoms with E-state index in [-0.39, 0.29) is 35.7 Å². The van der Waals surface area contributed by atoms with Gasteiger partial charge in [-0.3, -0.25) is 9.59 Å². The molecule has 1 saturated heterocycles. The second-order valence-corrected chi connectivity index (χ2v) is 8.20. The third-order valence-corrected chi connectivity index (χ3v) is 5.59. The van der Waals surface area contributed by atoms with Crippen molar-refractivity contribution in [2.24, 2.45) is 11.0 Å². The van der Waals surface area contributed by atoms with Crippen LogP contribution in [0.15, 0.2) is 29.4 Å². The molecular weight excluding hydrogens is 330 g/mol. The average molecular weight is 351 g/mol. The molecule has 1 atom stereocenters. The Morgan fingerprint density at radius 2 is 2.04 bits per heavy atom. The van der Waals surface area contributed by atoms with Gasteiger partial charge in [-0.05, 0) is 37.0 Å². The lowest BCUT2D eigenvalue weighted by molar-refractivity contribution is -0.121. The minimum atomic E-state index is -2.98. The van der Waals surface area contributed by atoms with Crippen LogP contribution in [0, 0.1) is 5.92 Å². The Labute approximate surface area is 141 Å². The first-order chi connectivity index (χ1) is 11.2. The average Bonchev–Trinajstić information content (AvgIpc) is 2.83. The van der Waals surface area contributed by atoms with Crippen molar-refractivity contribution in [2.45, 2.75) is 26.7 Å². The lowest BCUT2D eigenvalue weighted by Gasteiger charge is -2.08. The van der Waals surface area contributed by atoms with Gasteiger partial charge in [0.15, 0.2) is 9.84 Å². The highest BCUT2D eigenvalue weighted by atomic mass is 32.2. The Morgan fingerprint density at radius 1 is 1.29 bits per heavy atom. The van der Waals surface area contributed by atoms with Crippen molar-refractivity contribution < 1.29 is 18.0 Å². The van der Waals surface area contributed by atoms with Crippen molar-refractivity contribution in [3.63, 3.8) is 0 Å². The summed E-state index contributed by atoms with van der Waals surface area (Å²) in [7, 11) is -2.98. The number of rotatable bonds is 5. The molecule has 1 fully saturated rings. The zero-order chi connectivity index (χ0) is 17.7. The molecule has 1 aliphatic heterocycles. The van der Waals surface area contributed by atoms with Crippen LogP contribution in [-0.4, -0.2) is 37.4 Å². The second-order valence-electron chi connectivity index (χ2n) is 5.97. The molecule has 0 bridgehead atoms. The lowest BCUT2D eigenvalue weighted by Crippen LogP contribution is -2.22. The predicted octanol–water partition coefficient (Wildman–Crippen LogP) is 1.31. The van der Waals surface area contributed by atoms with E-state index in [0.717, 1.165) is 5.56 Å². The third-order valence-electron chi connectivity index (χ3n) is 3.75. The van der Waals surface area contributed by atoms with Gasteiger partial charge in [0.05, 0.1) is 17.2 Å². The van der Waals surface area contributed by atoms with Gasteiger partial charge < -0.3 is 5.32 Å². The predicted molar refractivity (Wildman–Crippen MR) is 92.5 cm³/mol. The fourth-order valence-electron chi connectivity index (χ4n) is 2.58. The molecule has 1 aromatic rings. The molecule has 24 heavy (non-hydrogen) atoms. The summed E-state index contributed by atoms with van der Waals surface area (Å²) in [6.45, 7) is 3.17. The molecule has 0 radical (unpaired) electrons. The summed E-state index contributed by atoms with van der Waals surface area (Å²) in [6, 6.07) is 7.12. The van der Waals surface area contributed by atoms with Gasteiger partial charge in [0.2, 0.25) is 11.8 Å². The molecular formula is C16H21N3O4S. The molecule has 0 saturated carbocycles.